The molecular weight excluding hydrogens is 380 g/mol. The zero-order valence-electron chi connectivity index (χ0n) is 15.2. The average molecular weight is 398 g/mol. The van der Waals surface area contributed by atoms with E-state index in [4.69, 9.17) is 12.2 Å². The summed E-state index contributed by atoms with van der Waals surface area (Å²) in [4.78, 5) is 34.9. The number of hydrogen-bond donors (Lipinski definition) is 2. The predicted octanol–water partition coefficient (Wildman–Crippen LogP) is 3.10. The van der Waals surface area contributed by atoms with E-state index < -0.39 is 10.8 Å². The van der Waals surface area contributed by atoms with Gasteiger partial charge in [-0.25, -0.2) is 0 Å². The third kappa shape index (κ3) is 5.99. The number of hydrogen-bond acceptors (Lipinski definition) is 5. The standard InChI is InChI=1S/C19H18N4O4S/c1-13(24)22(2)16-10-6-15(7-11-16)20-19(28)21-18(25)12-5-14-3-8-17(9-4-14)23(26)27/h3-12H,1-2H3,(H2,20,21,25,28)/b12-5+. The van der Waals surface area contributed by atoms with Crippen LogP contribution in [0.5, 0.6) is 0 Å². The molecule has 0 spiro atoms. The van der Waals surface area contributed by atoms with Gasteiger partial charge in [0, 0.05) is 43.6 Å². The van der Waals surface area contributed by atoms with E-state index in [0.717, 1.165) is 5.69 Å². The number of nitrogens with zero attached hydrogens (tertiary/aromatic N) is 2. The minimum absolute atomic E-state index is 0.0208. The van der Waals surface area contributed by atoms with E-state index in [0.29, 0.717) is 11.3 Å². The first-order valence-corrected chi connectivity index (χ1v) is 8.56. The summed E-state index contributed by atoms with van der Waals surface area (Å²) in [7, 11) is 1.67. The van der Waals surface area contributed by atoms with Gasteiger partial charge in [0.2, 0.25) is 11.8 Å². The summed E-state index contributed by atoms with van der Waals surface area (Å²) in [6.07, 6.45) is 2.80. The minimum Gasteiger partial charge on any atom is -0.332 e. The van der Waals surface area contributed by atoms with Crippen molar-refractivity contribution >= 4 is 52.3 Å². The molecule has 144 valence electrons. The molecule has 0 radical (unpaired) electrons. The second-order valence-corrected chi connectivity index (χ2v) is 6.16. The molecule has 0 aliphatic heterocycles. The van der Waals surface area contributed by atoms with E-state index in [1.54, 1.807) is 31.3 Å². The molecule has 0 atom stereocenters. The minimum atomic E-state index is -0.491. The quantitative estimate of drug-likeness (QED) is 0.347. The highest BCUT2D eigenvalue weighted by Gasteiger charge is 2.06. The van der Waals surface area contributed by atoms with Crippen molar-refractivity contribution in [3.05, 3.63) is 70.3 Å². The lowest BCUT2D eigenvalue weighted by molar-refractivity contribution is -0.384. The van der Waals surface area contributed by atoms with Crippen molar-refractivity contribution in [2.45, 2.75) is 6.92 Å². The fourth-order valence-corrected chi connectivity index (χ4v) is 2.36. The molecule has 2 rings (SSSR count). The number of benzene rings is 2. The van der Waals surface area contributed by atoms with Gasteiger partial charge in [0.05, 0.1) is 4.92 Å². The summed E-state index contributed by atoms with van der Waals surface area (Å²) in [6, 6.07) is 12.8. The largest absolute Gasteiger partial charge is 0.332 e. The van der Waals surface area contributed by atoms with Gasteiger partial charge in [-0.05, 0) is 60.3 Å². The molecular formula is C19H18N4O4S. The Balaban J connectivity index is 1.89. The van der Waals surface area contributed by atoms with E-state index in [9.17, 15) is 19.7 Å². The van der Waals surface area contributed by atoms with Crippen LogP contribution in [-0.2, 0) is 9.59 Å². The van der Waals surface area contributed by atoms with Gasteiger partial charge in [-0.2, -0.15) is 0 Å². The van der Waals surface area contributed by atoms with Crippen molar-refractivity contribution in [2.75, 3.05) is 17.3 Å². The molecule has 28 heavy (non-hydrogen) atoms. The summed E-state index contributed by atoms with van der Waals surface area (Å²) in [5, 5.41) is 16.1. The first-order valence-electron chi connectivity index (χ1n) is 8.15. The number of rotatable bonds is 5. The van der Waals surface area contributed by atoms with Crippen LogP contribution in [0.2, 0.25) is 0 Å². The summed E-state index contributed by atoms with van der Waals surface area (Å²) >= 11 is 5.10. The molecule has 0 aromatic heterocycles. The zero-order chi connectivity index (χ0) is 20.7. The third-order valence-electron chi connectivity index (χ3n) is 3.75. The Morgan fingerprint density at radius 1 is 1.11 bits per heavy atom. The lowest BCUT2D eigenvalue weighted by Crippen LogP contribution is -2.32. The van der Waals surface area contributed by atoms with E-state index in [1.165, 1.54) is 48.2 Å². The molecule has 2 aromatic carbocycles. The number of anilines is 2. The fraction of sp³-hybridized carbons (Fsp3) is 0.105. The molecule has 2 N–H and O–H groups in total. The van der Waals surface area contributed by atoms with E-state index in [2.05, 4.69) is 10.6 Å². The van der Waals surface area contributed by atoms with Crippen LogP contribution in [0.1, 0.15) is 12.5 Å². The molecule has 8 nitrogen and oxygen atoms in total. The van der Waals surface area contributed by atoms with Gasteiger partial charge in [0.1, 0.15) is 0 Å². The number of nitro benzene ring substituents is 1. The summed E-state index contributed by atoms with van der Waals surface area (Å²) in [6.45, 7) is 1.47. The van der Waals surface area contributed by atoms with Gasteiger partial charge in [-0.3, -0.25) is 25.0 Å². The first kappa shape index (κ1) is 20.7. The molecule has 0 saturated carbocycles. The van der Waals surface area contributed by atoms with Crippen molar-refractivity contribution in [3.63, 3.8) is 0 Å². The molecule has 0 heterocycles. The third-order valence-corrected chi connectivity index (χ3v) is 3.96. The highest BCUT2D eigenvalue weighted by molar-refractivity contribution is 7.80. The van der Waals surface area contributed by atoms with Gasteiger partial charge >= 0.3 is 0 Å². The summed E-state index contributed by atoms with van der Waals surface area (Å²) in [5.41, 5.74) is 2.02. The fourth-order valence-electron chi connectivity index (χ4n) is 2.15. The van der Waals surface area contributed by atoms with Crippen LogP contribution >= 0.6 is 12.2 Å². The van der Waals surface area contributed by atoms with E-state index >= 15 is 0 Å². The van der Waals surface area contributed by atoms with Crippen molar-refractivity contribution in [2.24, 2.45) is 0 Å². The Bertz CT molecular complexity index is 924. The summed E-state index contributed by atoms with van der Waals surface area (Å²) in [5.74, 6) is -0.521. The van der Waals surface area contributed by atoms with Crippen molar-refractivity contribution in [3.8, 4) is 0 Å². The Hall–Kier alpha value is -3.59. The lowest BCUT2D eigenvalue weighted by atomic mass is 10.2. The number of thiocarbonyl (C=S) groups is 1. The number of carbonyl (C=O) groups excluding carboxylic acids is 2. The molecule has 0 unspecified atom stereocenters. The maximum absolute atomic E-state index is 11.9. The van der Waals surface area contributed by atoms with Crippen LogP contribution in [0.4, 0.5) is 17.1 Å². The van der Waals surface area contributed by atoms with Gasteiger partial charge in [-0.1, -0.05) is 0 Å². The number of amides is 2. The molecule has 0 saturated heterocycles. The maximum atomic E-state index is 11.9. The number of nitrogens with one attached hydrogen (secondary N) is 2. The Morgan fingerprint density at radius 3 is 2.25 bits per heavy atom. The van der Waals surface area contributed by atoms with E-state index in [-0.39, 0.29) is 16.7 Å². The lowest BCUT2D eigenvalue weighted by Gasteiger charge is -2.15. The van der Waals surface area contributed by atoms with Crippen LogP contribution in [-0.4, -0.2) is 28.9 Å². The second kappa shape index (κ2) is 9.38. The molecule has 2 aromatic rings. The number of carbonyl (C=O) groups is 2. The van der Waals surface area contributed by atoms with Crippen molar-refractivity contribution in [1.82, 2.24) is 5.32 Å². The van der Waals surface area contributed by atoms with Crippen LogP contribution < -0.4 is 15.5 Å². The van der Waals surface area contributed by atoms with Crippen LogP contribution in [0.25, 0.3) is 6.08 Å². The summed E-state index contributed by atoms with van der Waals surface area (Å²) < 4.78 is 0. The smallest absolute Gasteiger partial charge is 0.269 e. The SMILES string of the molecule is CC(=O)N(C)c1ccc(NC(=S)NC(=O)/C=C/c2ccc([N+](=O)[O-])cc2)cc1. The van der Waals surface area contributed by atoms with Gasteiger partial charge in [0.15, 0.2) is 5.11 Å². The number of non-ortho nitro benzene ring substituents is 1. The van der Waals surface area contributed by atoms with Crippen LogP contribution in [0.3, 0.4) is 0 Å². The van der Waals surface area contributed by atoms with Gasteiger partial charge in [0.25, 0.3) is 5.69 Å². The van der Waals surface area contributed by atoms with E-state index in [1.807, 2.05) is 0 Å². The van der Waals surface area contributed by atoms with Gasteiger partial charge < -0.3 is 10.2 Å². The molecule has 0 aliphatic carbocycles. The highest BCUT2D eigenvalue weighted by atomic mass is 32.1. The molecule has 0 fully saturated rings. The van der Waals surface area contributed by atoms with Crippen LogP contribution in [0, 0.1) is 10.1 Å². The average Bonchev–Trinajstić information content (AvgIpc) is 2.66. The molecule has 9 heteroatoms. The molecule has 2 amide bonds. The van der Waals surface area contributed by atoms with Crippen molar-refractivity contribution in [1.29, 1.82) is 0 Å². The predicted molar refractivity (Wildman–Crippen MR) is 112 cm³/mol. The normalized spacial score (nSPS) is 10.4. The highest BCUT2D eigenvalue weighted by Crippen LogP contribution is 2.17. The first-order chi connectivity index (χ1) is 13.3. The monoisotopic (exact) mass is 398 g/mol. The Morgan fingerprint density at radius 2 is 1.71 bits per heavy atom. The zero-order valence-corrected chi connectivity index (χ0v) is 16.0. The second-order valence-electron chi connectivity index (χ2n) is 5.75. The van der Waals surface area contributed by atoms with Gasteiger partial charge in [-0.15, -0.1) is 0 Å². The Kier molecular flexibility index (Phi) is 6.94. The number of nitro groups is 1. The van der Waals surface area contributed by atoms with Crippen LogP contribution in [0.15, 0.2) is 54.6 Å². The topological polar surface area (TPSA) is 105 Å². The molecule has 0 bridgehead atoms. The Labute approximate surface area is 167 Å². The maximum Gasteiger partial charge on any atom is 0.269 e. The molecule has 0 aliphatic rings. The van der Waals surface area contributed by atoms with Crippen molar-refractivity contribution < 1.29 is 14.5 Å².